The predicted octanol–water partition coefficient (Wildman–Crippen LogP) is 4.10. The molecule has 1 fully saturated rings. The summed E-state index contributed by atoms with van der Waals surface area (Å²) in [5.74, 6) is 0.402. The second-order valence-electron chi connectivity index (χ2n) is 5.99. The van der Waals surface area contributed by atoms with E-state index in [0.717, 1.165) is 12.8 Å². The Balaban J connectivity index is 1.48. The van der Waals surface area contributed by atoms with E-state index in [4.69, 9.17) is 4.42 Å². The molecule has 1 atom stereocenters. The molecule has 0 bridgehead atoms. The third kappa shape index (κ3) is 3.42. The van der Waals surface area contributed by atoms with Gasteiger partial charge in [-0.05, 0) is 42.8 Å². The highest BCUT2D eigenvalue weighted by atomic mass is 32.1. The number of piperidine rings is 1. The first-order chi connectivity index (χ1) is 12.7. The Morgan fingerprint density at radius 1 is 1.23 bits per heavy atom. The second-order valence-corrected chi connectivity index (χ2v) is 7.80. The molecule has 0 saturated carbocycles. The number of hydrogen-bond acceptors (Lipinski definition) is 6. The SMILES string of the molecule is O=C(Nc1nc(-c2ccco2)cs1)C1CCCCN1C(=O)c1cccs1. The lowest BCUT2D eigenvalue weighted by molar-refractivity contribution is -0.121. The minimum atomic E-state index is -0.464. The Bertz CT molecular complexity index is 887. The quantitative estimate of drug-likeness (QED) is 0.731. The first kappa shape index (κ1) is 17.0. The summed E-state index contributed by atoms with van der Waals surface area (Å²) < 4.78 is 5.32. The van der Waals surface area contributed by atoms with Crippen LogP contribution >= 0.6 is 22.7 Å². The summed E-state index contributed by atoms with van der Waals surface area (Å²) in [6.45, 7) is 0.602. The highest BCUT2D eigenvalue weighted by Crippen LogP contribution is 2.27. The fourth-order valence-corrected chi connectivity index (χ4v) is 4.43. The smallest absolute Gasteiger partial charge is 0.264 e. The number of amides is 2. The molecular weight excluding hydrogens is 370 g/mol. The maximum absolute atomic E-state index is 12.8. The molecule has 3 aromatic heterocycles. The van der Waals surface area contributed by atoms with Crippen LogP contribution in [0.3, 0.4) is 0 Å². The number of hydrogen-bond donors (Lipinski definition) is 1. The number of thiazole rings is 1. The number of rotatable bonds is 4. The minimum Gasteiger partial charge on any atom is -0.463 e. The van der Waals surface area contributed by atoms with Crippen molar-refractivity contribution in [2.24, 2.45) is 0 Å². The molecule has 26 heavy (non-hydrogen) atoms. The van der Waals surface area contributed by atoms with Crippen LogP contribution in [0.2, 0.25) is 0 Å². The molecule has 4 heterocycles. The third-order valence-corrected chi connectivity index (χ3v) is 5.92. The molecule has 0 aliphatic carbocycles. The van der Waals surface area contributed by atoms with Crippen LogP contribution in [-0.4, -0.2) is 34.3 Å². The number of carbonyl (C=O) groups is 2. The van der Waals surface area contributed by atoms with Gasteiger partial charge in [-0.25, -0.2) is 4.98 Å². The Hall–Kier alpha value is -2.45. The van der Waals surface area contributed by atoms with Gasteiger partial charge >= 0.3 is 0 Å². The largest absolute Gasteiger partial charge is 0.463 e. The number of nitrogens with one attached hydrogen (secondary N) is 1. The summed E-state index contributed by atoms with van der Waals surface area (Å²) >= 11 is 2.74. The zero-order valence-corrected chi connectivity index (χ0v) is 15.5. The number of furan rings is 1. The van der Waals surface area contributed by atoms with Crippen molar-refractivity contribution in [1.82, 2.24) is 9.88 Å². The van der Waals surface area contributed by atoms with Crippen LogP contribution in [0.5, 0.6) is 0 Å². The number of likely N-dealkylation sites (tertiary alicyclic amines) is 1. The van der Waals surface area contributed by atoms with Crippen molar-refractivity contribution in [2.45, 2.75) is 25.3 Å². The van der Waals surface area contributed by atoms with Gasteiger partial charge in [-0.3, -0.25) is 9.59 Å². The molecule has 2 amide bonds. The Morgan fingerprint density at radius 2 is 2.15 bits per heavy atom. The van der Waals surface area contributed by atoms with E-state index in [-0.39, 0.29) is 11.8 Å². The van der Waals surface area contributed by atoms with Crippen LogP contribution in [0.15, 0.2) is 45.7 Å². The highest BCUT2D eigenvalue weighted by Gasteiger charge is 2.33. The van der Waals surface area contributed by atoms with Gasteiger partial charge in [-0.1, -0.05) is 6.07 Å². The number of carbonyl (C=O) groups excluding carboxylic acids is 2. The third-order valence-electron chi connectivity index (χ3n) is 4.31. The molecule has 134 valence electrons. The van der Waals surface area contributed by atoms with Crippen LogP contribution in [0.25, 0.3) is 11.5 Å². The Kier molecular flexibility index (Phi) is 4.85. The lowest BCUT2D eigenvalue weighted by Gasteiger charge is -2.34. The van der Waals surface area contributed by atoms with Crippen molar-refractivity contribution >= 4 is 39.6 Å². The van der Waals surface area contributed by atoms with E-state index in [1.54, 1.807) is 23.3 Å². The molecule has 1 unspecified atom stereocenters. The lowest BCUT2D eigenvalue weighted by atomic mass is 10.0. The Morgan fingerprint density at radius 3 is 2.92 bits per heavy atom. The molecule has 1 aliphatic rings. The van der Waals surface area contributed by atoms with E-state index in [9.17, 15) is 9.59 Å². The van der Waals surface area contributed by atoms with Crippen molar-refractivity contribution in [3.8, 4) is 11.5 Å². The van der Waals surface area contributed by atoms with E-state index >= 15 is 0 Å². The first-order valence-corrected chi connectivity index (χ1v) is 10.1. The van der Waals surface area contributed by atoms with Gasteiger partial charge in [0.1, 0.15) is 11.7 Å². The van der Waals surface area contributed by atoms with Crippen molar-refractivity contribution < 1.29 is 14.0 Å². The average molecular weight is 387 g/mol. The molecule has 4 rings (SSSR count). The summed E-state index contributed by atoms with van der Waals surface area (Å²) in [4.78, 5) is 32.3. The Labute approximate surface area is 158 Å². The number of thiophene rings is 1. The van der Waals surface area contributed by atoms with E-state index in [1.165, 1.54) is 22.7 Å². The standard InChI is InChI=1S/C18H17N3O3S2/c22-16(20-18-19-12(11-26-18)14-6-3-9-24-14)13-5-1-2-8-21(13)17(23)15-7-4-10-25-15/h3-4,6-7,9-11,13H,1-2,5,8H2,(H,19,20,22). The van der Waals surface area contributed by atoms with Crippen LogP contribution in [-0.2, 0) is 4.79 Å². The maximum Gasteiger partial charge on any atom is 0.264 e. The van der Waals surface area contributed by atoms with Crippen LogP contribution in [0.1, 0.15) is 28.9 Å². The summed E-state index contributed by atoms with van der Waals surface area (Å²) in [7, 11) is 0. The van der Waals surface area contributed by atoms with Gasteiger partial charge in [0, 0.05) is 11.9 Å². The minimum absolute atomic E-state index is 0.0738. The fourth-order valence-electron chi connectivity index (χ4n) is 3.05. The summed E-state index contributed by atoms with van der Waals surface area (Å²) in [5.41, 5.74) is 0.686. The topological polar surface area (TPSA) is 75.4 Å². The van der Waals surface area contributed by atoms with E-state index in [0.29, 0.717) is 34.4 Å². The molecule has 8 heteroatoms. The van der Waals surface area contributed by atoms with E-state index in [2.05, 4.69) is 10.3 Å². The van der Waals surface area contributed by atoms with Gasteiger partial charge in [-0.15, -0.1) is 22.7 Å². The van der Waals surface area contributed by atoms with Crippen LogP contribution < -0.4 is 5.32 Å². The van der Waals surface area contributed by atoms with Gasteiger partial charge in [-0.2, -0.15) is 0 Å². The molecular formula is C18H17N3O3S2. The summed E-state index contributed by atoms with van der Waals surface area (Å²) in [5, 5.41) is 7.08. The molecule has 6 nitrogen and oxygen atoms in total. The van der Waals surface area contributed by atoms with Gasteiger partial charge in [0.15, 0.2) is 10.9 Å². The molecule has 0 aromatic carbocycles. The molecule has 0 radical (unpaired) electrons. The fraction of sp³-hybridized carbons (Fsp3) is 0.278. The monoisotopic (exact) mass is 387 g/mol. The van der Waals surface area contributed by atoms with Gasteiger partial charge in [0.2, 0.25) is 5.91 Å². The van der Waals surface area contributed by atoms with Gasteiger partial charge in [0.05, 0.1) is 11.1 Å². The van der Waals surface area contributed by atoms with Crippen molar-refractivity contribution in [1.29, 1.82) is 0 Å². The van der Waals surface area contributed by atoms with Crippen molar-refractivity contribution in [3.63, 3.8) is 0 Å². The summed E-state index contributed by atoms with van der Waals surface area (Å²) in [6, 6.07) is 6.80. The first-order valence-electron chi connectivity index (χ1n) is 8.37. The summed E-state index contributed by atoms with van der Waals surface area (Å²) in [6.07, 6.45) is 4.10. The normalized spacial score (nSPS) is 17.2. The lowest BCUT2D eigenvalue weighted by Crippen LogP contribution is -2.49. The second kappa shape index (κ2) is 7.43. The zero-order valence-electron chi connectivity index (χ0n) is 13.9. The molecule has 1 aliphatic heterocycles. The molecule has 0 spiro atoms. The van der Waals surface area contributed by atoms with Crippen LogP contribution in [0.4, 0.5) is 5.13 Å². The van der Waals surface area contributed by atoms with Crippen LogP contribution in [0, 0.1) is 0 Å². The molecule has 3 aromatic rings. The molecule has 1 N–H and O–H groups in total. The average Bonchev–Trinajstić information content (AvgIpc) is 3.42. The number of nitrogens with zero attached hydrogens (tertiary/aromatic N) is 2. The predicted molar refractivity (Wildman–Crippen MR) is 101 cm³/mol. The molecule has 1 saturated heterocycles. The van der Waals surface area contributed by atoms with Gasteiger partial charge in [0.25, 0.3) is 5.91 Å². The van der Waals surface area contributed by atoms with E-state index in [1.807, 2.05) is 22.9 Å². The highest BCUT2D eigenvalue weighted by molar-refractivity contribution is 7.14. The van der Waals surface area contributed by atoms with Crippen molar-refractivity contribution in [2.75, 3.05) is 11.9 Å². The maximum atomic E-state index is 12.8. The zero-order chi connectivity index (χ0) is 17.9. The van der Waals surface area contributed by atoms with E-state index < -0.39 is 6.04 Å². The number of aromatic nitrogens is 1. The van der Waals surface area contributed by atoms with Gasteiger partial charge < -0.3 is 14.6 Å². The number of anilines is 1. The van der Waals surface area contributed by atoms with Crippen molar-refractivity contribution in [3.05, 3.63) is 46.2 Å².